The largest absolute Gasteiger partial charge is 0.478 e. The zero-order chi connectivity index (χ0) is 36.2. The Balaban J connectivity index is 1.19. The zero-order valence-corrected chi connectivity index (χ0v) is 30.5. The minimum atomic E-state index is -4.23. The maximum atomic E-state index is 13.4. The molecule has 2 aromatic heterocycles. The molecule has 1 atom stereocenters. The second kappa shape index (κ2) is 15.3. The average molecular weight is 714 g/mol. The molecule has 1 aliphatic heterocycles. The molecule has 1 saturated carbocycles. The molecular formula is C38H47N7O5S. The van der Waals surface area contributed by atoms with Gasteiger partial charge in [-0.15, -0.1) is 0 Å². The van der Waals surface area contributed by atoms with Gasteiger partial charge in [0, 0.05) is 30.8 Å². The van der Waals surface area contributed by atoms with E-state index in [1.165, 1.54) is 31.0 Å². The van der Waals surface area contributed by atoms with Crippen molar-refractivity contribution in [2.24, 2.45) is 11.3 Å². The predicted octanol–water partition coefficient (Wildman–Crippen LogP) is 6.40. The summed E-state index contributed by atoms with van der Waals surface area (Å²) in [5.41, 5.74) is 4.54. The molecule has 0 unspecified atom stereocenters. The van der Waals surface area contributed by atoms with Gasteiger partial charge in [0.1, 0.15) is 12.4 Å². The van der Waals surface area contributed by atoms with Crippen LogP contribution in [0.25, 0.3) is 11.3 Å². The molecule has 12 nitrogen and oxygen atoms in total. The van der Waals surface area contributed by atoms with Crippen molar-refractivity contribution < 1.29 is 23.1 Å². The number of piperidine rings is 1. The summed E-state index contributed by atoms with van der Waals surface area (Å²) in [5, 5.41) is 13.0. The van der Waals surface area contributed by atoms with Crippen LogP contribution in [0, 0.1) is 25.2 Å². The highest BCUT2D eigenvalue weighted by atomic mass is 32.2. The van der Waals surface area contributed by atoms with E-state index in [0.29, 0.717) is 23.5 Å². The molecule has 51 heavy (non-hydrogen) atoms. The van der Waals surface area contributed by atoms with Crippen LogP contribution in [0.1, 0.15) is 79.7 Å². The summed E-state index contributed by atoms with van der Waals surface area (Å²) in [5.74, 6) is 0.235. The Bertz CT molecular complexity index is 1940. The lowest BCUT2D eigenvalue weighted by atomic mass is 9.82. The van der Waals surface area contributed by atoms with Crippen LogP contribution >= 0.6 is 0 Å². The normalized spacial score (nSPS) is 16.4. The number of carboxylic acid groups (broad SMARTS) is 1. The first-order valence-electron chi connectivity index (χ1n) is 17.6. The van der Waals surface area contributed by atoms with E-state index in [4.69, 9.17) is 4.74 Å². The second-order valence-corrected chi connectivity index (χ2v) is 16.2. The van der Waals surface area contributed by atoms with Gasteiger partial charge in [-0.25, -0.2) is 32.9 Å². The highest BCUT2D eigenvalue weighted by molar-refractivity contribution is 7.92. The van der Waals surface area contributed by atoms with Crippen molar-refractivity contribution in [3.05, 3.63) is 83.4 Å². The molecule has 1 aliphatic carbocycles. The Labute approximate surface area is 300 Å². The van der Waals surface area contributed by atoms with Gasteiger partial charge in [-0.05, 0) is 80.2 Å². The topological polar surface area (TPSA) is 160 Å². The molecule has 3 N–H and O–H groups in total. The standard InChI is InChI=1S/C38H47N7O5S/c1-25-7-5-8-26(2)35(25)32-20-34(43-37(42-32)44-51(48,49)31-10-6-9-28(19-31)36(46)47)50-24-29(14-13-27-11-12-27)39-23-33-40-21-30(22-41-33)45-17-15-38(3,4)16-18-45/h5-10,19-22,27,29,39H,11-18,23-24H2,1-4H3,(H,46,47)(H,42,43,44)/t29-/m1/s1. The molecule has 0 radical (unpaired) electrons. The van der Waals surface area contributed by atoms with Crippen LogP contribution in [0.5, 0.6) is 5.88 Å². The summed E-state index contributed by atoms with van der Waals surface area (Å²) in [6.45, 7) is 11.3. The van der Waals surface area contributed by atoms with Crippen molar-refractivity contribution in [1.29, 1.82) is 0 Å². The molecule has 2 fully saturated rings. The number of sulfonamides is 1. The lowest BCUT2D eigenvalue weighted by Crippen LogP contribution is -2.37. The van der Waals surface area contributed by atoms with E-state index in [0.717, 1.165) is 73.1 Å². The Morgan fingerprint density at radius 1 is 1.02 bits per heavy atom. The molecule has 0 amide bonds. The van der Waals surface area contributed by atoms with Gasteiger partial charge in [0.15, 0.2) is 0 Å². The van der Waals surface area contributed by atoms with E-state index < -0.39 is 16.0 Å². The van der Waals surface area contributed by atoms with Crippen LogP contribution in [0.15, 0.2) is 65.8 Å². The van der Waals surface area contributed by atoms with Crippen LogP contribution in [0.3, 0.4) is 0 Å². The Morgan fingerprint density at radius 2 is 1.71 bits per heavy atom. The van der Waals surface area contributed by atoms with Gasteiger partial charge in [-0.1, -0.05) is 51.0 Å². The number of nitrogens with zero attached hydrogens (tertiary/aromatic N) is 5. The van der Waals surface area contributed by atoms with Gasteiger partial charge in [0.2, 0.25) is 11.8 Å². The van der Waals surface area contributed by atoms with Crippen molar-refractivity contribution in [3.63, 3.8) is 0 Å². The molecule has 1 saturated heterocycles. The number of hydrogen-bond donors (Lipinski definition) is 3. The maximum Gasteiger partial charge on any atom is 0.335 e. The fourth-order valence-corrected chi connectivity index (χ4v) is 7.34. The number of aromatic nitrogens is 4. The minimum Gasteiger partial charge on any atom is -0.478 e. The van der Waals surface area contributed by atoms with Gasteiger partial charge in [0.05, 0.1) is 40.8 Å². The van der Waals surface area contributed by atoms with E-state index in [2.05, 4.69) is 48.7 Å². The smallest absolute Gasteiger partial charge is 0.335 e. The number of aromatic carboxylic acids is 1. The minimum absolute atomic E-state index is 0.0317. The highest BCUT2D eigenvalue weighted by Crippen LogP contribution is 2.35. The second-order valence-electron chi connectivity index (χ2n) is 14.5. The van der Waals surface area contributed by atoms with Crippen molar-refractivity contribution in [1.82, 2.24) is 25.3 Å². The molecular weight excluding hydrogens is 667 g/mol. The Kier molecular flexibility index (Phi) is 10.9. The van der Waals surface area contributed by atoms with Crippen molar-refractivity contribution in [3.8, 4) is 17.1 Å². The molecule has 0 bridgehead atoms. The van der Waals surface area contributed by atoms with Gasteiger partial charge >= 0.3 is 5.97 Å². The number of anilines is 2. The van der Waals surface area contributed by atoms with Gasteiger partial charge in [-0.2, -0.15) is 4.98 Å². The van der Waals surface area contributed by atoms with Gasteiger partial charge in [0.25, 0.3) is 10.0 Å². The van der Waals surface area contributed by atoms with Crippen molar-refractivity contribution >= 4 is 27.6 Å². The Morgan fingerprint density at radius 3 is 2.37 bits per heavy atom. The third kappa shape index (κ3) is 9.59. The van der Waals surface area contributed by atoms with E-state index in [9.17, 15) is 18.3 Å². The van der Waals surface area contributed by atoms with E-state index in [-0.39, 0.29) is 34.9 Å². The average Bonchev–Trinajstić information content (AvgIpc) is 3.93. The third-order valence-corrected chi connectivity index (χ3v) is 11.2. The number of rotatable bonds is 15. The summed E-state index contributed by atoms with van der Waals surface area (Å²) < 4.78 is 35.5. The zero-order valence-electron chi connectivity index (χ0n) is 29.7. The lowest BCUT2D eigenvalue weighted by Gasteiger charge is -2.37. The number of ether oxygens (including phenoxy) is 1. The molecule has 6 rings (SSSR count). The van der Waals surface area contributed by atoms with Crippen LogP contribution in [0.2, 0.25) is 0 Å². The first kappa shape index (κ1) is 36.2. The number of aryl methyl sites for hydroxylation is 2. The fourth-order valence-electron chi connectivity index (χ4n) is 6.35. The summed E-state index contributed by atoms with van der Waals surface area (Å²) >= 11 is 0. The summed E-state index contributed by atoms with van der Waals surface area (Å²) in [6, 6.07) is 12.7. The predicted molar refractivity (Wildman–Crippen MR) is 196 cm³/mol. The van der Waals surface area contributed by atoms with E-state index >= 15 is 0 Å². The lowest BCUT2D eigenvalue weighted by molar-refractivity contribution is 0.0696. The SMILES string of the molecule is Cc1cccc(C)c1-c1cc(OC[C@@H](CCC2CC2)NCc2ncc(N3CCC(C)(C)CC3)cn2)nc(NS(=O)(=O)c2cccc(C(=O)O)c2)n1. The molecule has 2 aromatic carbocycles. The van der Waals surface area contributed by atoms with Crippen LogP contribution in [-0.4, -0.2) is 65.2 Å². The van der Waals surface area contributed by atoms with E-state index in [1.54, 1.807) is 6.07 Å². The van der Waals surface area contributed by atoms with Gasteiger partial charge < -0.3 is 20.1 Å². The fraction of sp³-hybridized carbons (Fsp3) is 0.447. The molecule has 0 spiro atoms. The van der Waals surface area contributed by atoms with Crippen LogP contribution in [-0.2, 0) is 16.6 Å². The molecule has 13 heteroatoms. The highest BCUT2D eigenvalue weighted by Gasteiger charge is 2.26. The van der Waals surface area contributed by atoms with Crippen LogP contribution < -0.4 is 19.7 Å². The monoisotopic (exact) mass is 713 g/mol. The number of benzene rings is 2. The van der Waals surface area contributed by atoms with Gasteiger partial charge in [-0.3, -0.25) is 0 Å². The number of hydrogen-bond acceptors (Lipinski definition) is 10. The molecule has 4 aromatic rings. The summed E-state index contributed by atoms with van der Waals surface area (Å²) in [4.78, 5) is 32.0. The Hall–Kier alpha value is -4.62. The number of nitrogens with one attached hydrogen (secondary N) is 2. The van der Waals surface area contributed by atoms with E-state index in [1.807, 2.05) is 44.4 Å². The molecule has 2 aliphatic rings. The van der Waals surface area contributed by atoms with Crippen molar-refractivity contribution in [2.75, 3.05) is 29.3 Å². The molecule has 3 heterocycles. The first-order chi connectivity index (χ1) is 24.3. The summed E-state index contributed by atoms with van der Waals surface area (Å²) in [6.07, 6.45) is 10.6. The quantitative estimate of drug-likeness (QED) is 0.125. The summed E-state index contributed by atoms with van der Waals surface area (Å²) in [7, 11) is -4.23. The maximum absolute atomic E-state index is 13.4. The number of carbonyl (C=O) groups is 1. The van der Waals surface area contributed by atoms with Crippen molar-refractivity contribution in [2.45, 2.75) is 83.7 Å². The number of carboxylic acids is 1. The molecule has 270 valence electrons. The first-order valence-corrected chi connectivity index (χ1v) is 19.1. The third-order valence-electron chi connectivity index (χ3n) is 9.83. The van der Waals surface area contributed by atoms with Crippen LogP contribution in [0.4, 0.5) is 11.6 Å².